The number of aliphatic carboxylic acids is 1. The van der Waals surface area contributed by atoms with E-state index in [2.05, 4.69) is 53.7 Å². The molecular formula is C33H51NO3. The van der Waals surface area contributed by atoms with E-state index in [1.54, 1.807) is 5.57 Å². The van der Waals surface area contributed by atoms with E-state index in [0.717, 1.165) is 32.1 Å². The summed E-state index contributed by atoms with van der Waals surface area (Å²) in [6, 6.07) is 2.24. The average Bonchev–Trinajstić information content (AvgIpc) is 2.82. The van der Waals surface area contributed by atoms with Crippen LogP contribution in [0.3, 0.4) is 0 Å². The molecule has 5 aliphatic carbocycles. The molecular weight excluding hydrogens is 458 g/mol. The molecule has 0 amide bonds. The molecule has 9 atom stereocenters. The van der Waals surface area contributed by atoms with Crippen LogP contribution in [-0.2, 0) is 9.53 Å². The van der Waals surface area contributed by atoms with Gasteiger partial charge >= 0.3 is 5.97 Å². The van der Waals surface area contributed by atoms with Gasteiger partial charge in [-0.05, 0) is 116 Å². The summed E-state index contributed by atoms with van der Waals surface area (Å²) in [6.45, 7) is 17.7. The standard InChI is InChI=1S/C33H51NO3/c1-28(2)24-11-14-33(7)25(31(24,5)13-12-26(28)37-20-8-19-34)10-9-22-23-21-30(4,27(35)36)16-15-29(23,3)17-18-32(22,33)6/h9,23-26H,8,10-18,20-21H2,1-7H3,(H,35,36)/t23-,24?,25+,26-,29+,30?,31-,32+,33+/m0/s1. The second-order valence-corrected chi connectivity index (χ2v) is 15.7. The Labute approximate surface area is 225 Å². The van der Waals surface area contributed by atoms with Crippen molar-refractivity contribution in [2.45, 2.75) is 125 Å². The molecule has 37 heavy (non-hydrogen) atoms. The van der Waals surface area contributed by atoms with Crippen molar-refractivity contribution in [3.8, 4) is 6.07 Å². The first kappa shape index (κ1) is 27.2. The molecule has 0 aromatic heterocycles. The number of fused-ring (bicyclic) bond motifs is 7. The molecule has 206 valence electrons. The van der Waals surface area contributed by atoms with Crippen LogP contribution in [0, 0.1) is 61.6 Å². The normalized spacial score (nSPS) is 50.4. The molecule has 2 unspecified atom stereocenters. The molecule has 0 aliphatic heterocycles. The fraction of sp³-hybridized carbons (Fsp3) is 0.879. The lowest BCUT2D eigenvalue weighted by Crippen LogP contribution is -2.64. The zero-order chi connectivity index (χ0) is 27.1. The predicted molar refractivity (Wildman–Crippen MR) is 147 cm³/mol. The van der Waals surface area contributed by atoms with Crippen molar-refractivity contribution in [1.29, 1.82) is 5.26 Å². The maximum absolute atomic E-state index is 12.3. The lowest BCUT2D eigenvalue weighted by atomic mass is 9.33. The first-order valence-corrected chi connectivity index (χ1v) is 15.1. The number of hydrogen-bond acceptors (Lipinski definition) is 3. The van der Waals surface area contributed by atoms with Crippen molar-refractivity contribution < 1.29 is 14.6 Å². The molecule has 0 bridgehead atoms. The first-order chi connectivity index (χ1) is 17.2. The largest absolute Gasteiger partial charge is 0.481 e. The van der Waals surface area contributed by atoms with Crippen LogP contribution >= 0.6 is 0 Å². The van der Waals surface area contributed by atoms with E-state index in [-0.39, 0.29) is 33.2 Å². The van der Waals surface area contributed by atoms with Crippen LogP contribution in [0.5, 0.6) is 0 Å². The lowest BCUT2D eigenvalue weighted by Gasteiger charge is -2.71. The lowest BCUT2D eigenvalue weighted by molar-refractivity contribution is -0.211. The maximum atomic E-state index is 12.3. The third kappa shape index (κ3) is 3.65. The van der Waals surface area contributed by atoms with Crippen molar-refractivity contribution in [2.75, 3.05) is 6.61 Å². The van der Waals surface area contributed by atoms with Gasteiger partial charge in [-0.15, -0.1) is 0 Å². The van der Waals surface area contributed by atoms with E-state index in [1.165, 1.54) is 32.1 Å². The van der Waals surface area contributed by atoms with Gasteiger partial charge in [-0.3, -0.25) is 4.79 Å². The predicted octanol–water partition coefficient (Wildman–Crippen LogP) is 8.17. The third-order valence-corrected chi connectivity index (χ3v) is 13.8. The van der Waals surface area contributed by atoms with E-state index in [1.807, 2.05) is 6.92 Å². The van der Waals surface area contributed by atoms with E-state index < -0.39 is 11.4 Å². The van der Waals surface area contributed by atoms with Gasteiger partial charge in [0.15, 0.2) is 0 Å². The van der Waals surface area contributed by atoms with Gasteiger partial charge in [-0.1, -0.05) is 53.2 Å². The van der Waals surface area contributed by atoms with Gasteiger partial charge in [0.1, 0.15) is 0 Å². The van der Waals surface area contributed by atoms with Gasteiger partial charge in [0.05, 0.1) is 30.6 Å². The summed E-state index contributed by atoms with van der Waals surface area (Å²) in [5.41, 5.74) is 2.04. The van der Waals surface area contributed by atoms with Crippen molar-refractivity contribution in [2.24, 2.45) is 50.2 Å². The van der Waals surface area contributed by atoms with Crippen LogP contribution in [0.15, 0.2) is 11.6 Å². The van der Waals surface area contributed by atoms with Gasteiger partial charge in [-0.2, -0.15) is 5.26 Å². The average molecular weight is 510 g/mol. The minimum Gasteiger partial charge on any atom is -0.481 e. The van der Waals surface area contributed by atoms with E-state index in [0.29, 0.717) is 30.8 Å². The smallest absolute Gasteiger partial charge is 0.309 e. The van der Waals surface area contributed by atoms with E-state index in [4.69, 9.17) is 10.00 Å². The fourth-order valence-electron chi connectivity index (χ4n) is 11.1. The number of ether oxygens (including phenoxy) is 1. The second kappa shape index (κ2) is 8.58. The number of carboxylic acid groups (broad SMARTS) is 1. The third-order valence-electron chi connectivity index (χ3n) is 13.8. The minimum atomic E-state index is -0.605. The Kier molecular flexibility index (Phi) is 6.31. The Hall–Kier alpha value is -1.34. The highest BCUT2D eigenvalue weighted by Gasteiger charge is 2.68. The molecule has 4 heteroatoms. The molecule has 4 fully saturated rings. The number of hydrogen-bond donors (Lipinski definition) is 1. The number of carboxylic acids is 1. The Bertz CT molecular complexity index is 1030. The minimum absolute atomic E-state index is 0.104. The highest BCUT2D eigenvalue weighted by Crippen LogP contribution is 2.75. The molecule has 4 nitrogen and oxygen atoms in total. The molecule has 5 rings (SSSR count). The molecule has 0 heterocycles. The van der Waals surface area contributed by atoms with Crippen molar-refractivity contribution >= 4 is 5.97 Å². The summed E-state index contributed by atoms with van der Waals surface area (Å²) in [7, 11) is 0. The van der Waals surface area contributed by atoms with Gasteiger partial charge in [0.25, 0.3) is 0 Å². The van der Waals surface area contributed by atoms with E-state index >= 15 is 0 Å². The number of carbonyl (C=O) groups is 1. The summed E-state index contributed by atoms with van der Waals surface area (Å²) in [5.74, 6) is 1.05. The number of rotatable bonds is 4. The van der Waals surface area contributed by atoms with Crippen LogP contribution < -0.4 is 0 Å². The van der Waals surface area contributed by atoms with Crippen molar-refractivity contribution in [3.63, 3.8) is 0 Å². The highest BCUT2D eigenvalue weighted by molar-refractivity contribution is 5.74. The van der Waals surface area contributed by atoms with Crippen LogP contribution in [-0.4, -0.2) is 23.8 Å². The van der Waals surface area contributed by atoms with Gasteiger partial charge in [-0.25, -0.2) is 0 Å². The molecule has 0 aromatic rings. The Morgan fingerprint density at radius 3 is 2.38 bits per heavy atom. The molecule has 0 spiro atoms. The van der Waals surface area contributed by atoms with Gasteiger partial charge < -0.3 is 9.84 Å². The van der Waals surface area contributed by atoms with Crippen molar-refractivity contribution in [3.05, 3.63) is 11.6 Å². The van der Waals surface area contributed by atoms with Gasteiger partial charge in [0.2, 0.25) is 0 Å². The summed E-state index contributed by atoms with van der Waals surface area (Å²) in [6.07, 6.45) is 14.4. The van der Waals surface area contributed by atoms with Crippen LogP contribution in [0.25, 0.3) is 0 Å². The van der Waals surface area contributed by atoms with Crippen molar-refractivity contribution in [1.82, 2.24) is 0 Å². The summed E-state index contributed by atoms with van der Waals surface area (Å²) < 4.78 is 6.33. The van der Waals surface area contributed by atoms with Crippen LogP contribution in [0.4, 0.5) is 0 Å². The Balaban J connectivity index is 1.49. The first-order valence-electron chi connectivity index (χ1n) is 15.1. The van der Waals surface area contributed by atoms with Crippen LogP contribution in [0.1, 0.15) is 119 Å². The number of nitrogens with zero attached hydrogens (tertiary/aromatic N) is 1. The quantitative estimate of drug-likeness (QED) is 0.306. The molecule has 5 aliphatic rings. The maximum Gasteiger partial charge on any atom is 0.309 e. The second-order valence-electron chi connectivity index (χ2n) is 15.7. The van der Waals surface area contributed by atoms with Gasteiger partial charge in [0, 0.05) is 0 Å². The fourth-order valence-corrected chi connectivity index (χ4v) is 11.1. The Morgan fingerprint density at radius 2 is 1.70 bits per heavy atom. The van der Waals surface area contributed by atoms with E-state index in [9.17, 15) is 9.90 Å². The summed E-state index contributed by atoms with van der Waals surface area (Å²) in [5, 5.41) is 19.1. The molecule has 4 saturated carbocycles. The number of allylic oxidation sites excluding steroid dienone is 2. The zero-order valence-corrected chi connectivity index (χ0v) is 24.6. The number of nitriles is 1. The topological polar surface area (TPSA) is 70.3 Å². The zero-order valence-electron chi connectivity index (χ0n) is 24.6. The summed E-state index contributed by atoms with van der Waals surface area (Å²) >= 11 is 0. The summed E-state index contributed by atoms with van der Waals surface area (Å²) in [4.78, 5) is 12.3. The molecule has 0 saturated heterocycles. The molecule has 0 radical (unpaired) electrons. The molecule has 1 N–H and O–H groups in total. The monoisotopic (exact) mass is 509 g/mol. The van der Waals surface area contributed by atoms with Crippen LogP contribution in [0.2, 0.25) is 0 Å². The highest BCUT2D eigenvalue weighted by atomic mass is 16.5. The molecule has 0 aromatic carbocycles. The Morgan fingerprint density at radius 1 is 1.00 bits per heavy atom. The SMILES string of the molecule is CC1(C(=O)O)CC[C@]2(C)CC[C@]3(C)C(=CC[C@@H]4[C@@]5(C)CC[C@H](OCCC#N)C(C)(C)C5CC[C@]43C)[C@@H]2C1.